The summed E-state index contributed by atoms with van der Waals surface area (Å²) >= 11 is 1.33. The van der Waals surface area contributed by atoms with E-state index < -0.39 is 29.8 Å². The lowest BCUT2D eigenvalue weighted by molar-refractivity contribution is 0.0304. The molecule has 29 heavy (non-hydrogen) atoms. The highest BCUT2D eigenvalue weighted by Crippen LogP contribution is 2.44. The van der Waals surface area contributed by atoms with Gasteiger partial charge >= 0.3 is 12.1 Å². The molecule has 1 saturated heterocycles. The monoisotopic (exact) mass is 415 g/mol. The van der Waals surface area contributed by atoms with Crippen molar-refractivity contribution in [1.29, 1.82) is 0 Å². The third-order valence-electron chi connectivity index (χ3n) is 4.53. The zero-order valence-electron chi connectivity index (χ0n) is 16.8. The van der Waals surface area contributed by atoms with Crippen molar-refractivity contribution in [3.8, 4) is 23.3 Å². The second-order valence-electron chi connectivity index (χ2n) is 7.73. The molecule has 1 unspecified atom stereocenters. The maximum absolute atomic E-state index is 13.2. The molecule has 8 nitrogen and oxygen atoms in total. The number of aromatic nitrogens is 1. The molecule has 3 heterocycles. The normalized spacial score (nSPS) is 20.8. The minimum absolute atomic E-state index is 0.136. The molecule has 0 N–H and O–H groups in total. The first-order valence-electron chi connectivity index (χ1n) is 9.18. The number of thiazole rings is 1. The first-order chi connectivity index (χ1) is 13.7. The van der Waals surface area contributed by atoms with Crippen LogP contribution < -0.4 is 14.4 Å². The second kappa shape index (κ2) is 6.81. The molecular weight excluding hydrogens is 394 g/mol. The van der Waals surface area contributed by atoms with Gasteiger partial charge in [0.25, 0.3) is 0 Å². The number of carbonyl (C=O) groups excluding carboxylic acids is 2. The predicted octanol–water partition coefficient (Wildman–Crippen LogP) is 3.98. The van der Waals surface area contributed by atoms with Gasteiger partial charge in [-0.2, -0.15) is 0 Å². The molecule has 152 valence electrons. The van der Waals surface area contributed by atoms with Gasteiger partial charge < -0.3 is 14.2 Å². The Bertz CT molecular complexity index is 1060. The third-order valence-corrected chi connectivity index (χ3v) is 5.55. The van der Waals surface area contributed by atoms with E-state index in [1.54, 1.807) is 34.6 Å². The van der Waals surface area contributed by atoms with E-state index in [9.17, 15) is 9.59 Å². The first kappa shape index (κ1) is 19.3. The maximum Gasteiger partial charge on any atom is 0.418 e. The van der Waals surface area contributed by atoms with Crippen molar-refractivity contribution < 1.29 is 23.8 Å². The predicted molar refractivity (Wildman–Crippen MR) is 108 cm³/mol. The minimum atomic E-state index is -0.718. The Morgan fingerprint density at radius 1 is 1.34 bits per heavy atom. The van der Waals surface area contributed by atoms with Crippen molar-refractivity contribution in [2.45, 2.75) is 52.3 Å². The minimum Gasteiger partial charge on any atom is -0.454 e. The summed E-state index contributed by atoms with van der Waals surface area (Å²) in [6, 6.07) is 2.15. The Labute approximate surface area is 172 Å². The Balaban J connectivity index is 1.75. The van der Waals surface area contributed by atoms with E-state index >= 15 is 0 Å². The van der Waals surface area contributed by atoms with Crippen LogP contribution in [0.5, 0.6) is 11.5 Å². The van der Waals surface area contributed by atoms with Gasteiger partial charge in [0.05, 0.1) is 10.7 Å². The van der Waals surface area contributed by atoms with E-state index in [0.29, 0.717) is 22.1 Å². The van der Waals surface area contributed by atoms with E-state index in [1.807, 2.05) is 12.1 Å². The SMILES string of the molecule is CC#CC1[C@H](C)N(C(=O)OC(C)(C)C)C(=O)N1c1nc2c3c(ccc2s1)OCO3. The van der Waals surface area contributed by atoms with Crippen LogP contribution in [-0.2, 0) is 4.74 Å². The van der Waals surface area contributed by atoms with Crippen LogP contribution in [0.25, 0.3) is 10.2 Å². The quantitative estimate of drug-likeness (QED) is 0.656. The summed E-state index contributed by atoms with van der Waals surface area (Å²) in [5.41, 5.74) is -0.0936. The zero-order chi connectivity index (χ0) is 20.9. The topological polar surface area (TPSA) is 81.2 Å². The molecule has 9 heteroatoms. The lowest BCUT2D eigenvalue weighted by Gasteiger charge is -2.25. The molecule has 2 aliphatic rings. The number of fused-ring (bicyclic) bond motifs is 3. The van der Waals surface area contributed by atoms with Crippen LogP contribution in [0.3, 0.4) is 0 Å². The number of nitrogens with zero attached hydrogens (tertiary/aromatic N) is 3. The van der Waals surface area contributed by atoms with Crippen LogP contribution in [-0.4, -0.2) is 46.5 Å². The van der Waals surface area contributed by atoms with E-state index in [1.165, 1.54) is 16.2 Å². The molecule has 3 amide bonds. The lowest BCUT2D eigenvalue weighted by atomic mass is 10.1. The smallest absolute Gasteiger partial charge is 0.418 e. The third kappa shape index (κ3) is 3.23. The van der Waals surface area contributed by atoms with Gasteiger partial charge in [0.15, 0.2) is 16.6 Å². The van der Waals surface area contributed by atoms with Crippen LogP contribution in [0.2, 0.25) is 0 Å². The van der Waals surface area contributed by atoms with Gasteiger partial charge in [0.2, 0.25) is 6.79 Å². The molecule has 4 rings (SSSR count). The van der Waals surface area contributed by atoms with Crippen molar-refractivity contribution in [2.24, 2.45) is 0 Å². The fraction of sp³-hybridized carbons (Fsp3) is 0.450. The lowest BCUT2D eigenvalue weighted by Crippen LogP contribution is -2.42. The maximum atomic E-state index is 13.2. The Kier molecular flexibility index (Phi) is 4.54. The number of rotatable bonds is 1. The number of hydrogen-bond donors (Lipinski definition) is 0. The number of amides is 3. The van der Waals surface area contributed by atoms with Gasteiger partial charge in [-0.25, -0.2) is 19.5 Å². The van der Waals surface area contributed by atoms with Gasteiger partial charge in [-0.15, -0.1) is 5.92 Å². The number of hydrogen-bond acceptors (Lipinski definition) is 7. The van der Waals surface area contributed by atoms with Crippen molar-refractivity contribution in [3.05, 3.63) is 12.1 Å². The van der Waals surface area contributed by atoms with E-state index in [4.69, 9.17) is 14.2 Å². The van der Waals surface area contributed by atoms with E-state index in [0.717, 1.165) is 9.60 Å². The van der Waals surface area contributed by atoms with E-state index in [2.05, 4.69) is 16.8 Å². The molecule has 0 radical (unpaired) electrons. The zero-order valence-corrected chi connectivity index (χ0v) is 17.6. The number of urea groups is 1. The molecule has 0 spiro atoms. The van der Waals surface area contributed by atoms with Gasteiger partial charge in [0.1, 0.15) is 17.2 Å². The van der Waals surface area contributed by atoms with Gasteiger partial charge in [-0.3, -0.25) is 4.90 Å². The van der Waals surface area contributed by atoms with Crippen LogP contribution in [0, 0.1) is 11.8 Å². The Morgan fingerprint density at radius 2 is 2.10 bits per heavy atom. The number of ether oxygens (including phenoxy) is 3. The molecule has 1 aromatic carbocycles. The van der Waals surface area contributed by atoms with Crippen molar-refractivity contribution in [2.75, 3.05) is 11.7 Å². The average molecular weight is 415 g/mol. The molecule has 2 atom stereocenters. The van der Waals surface area contributed by atoms with Gasteiger partial charge in [-0.1, -0.05) is 17.3 Å². The fourth-order valence-electron chi connectivity index (χ4n) is 3.30. The summed E-state index contributed by atoms with van der Waals surface area (Å²) in [5.74, 6) is 7.07. The summed E-state index contributed by atoms with van der Waals surface area (Å²) in [6.07, 6.45) is -0.695. The van der Waals surface area contributed by atoms with Gasteiger partial charge in [0, 0.05) is 0 Å². The highest BCUT2D eigenvalue weighted by molar-refractivity contribution is 7.22. The highest BCUT2D eigenvalue weighted by Gasteiger charge is 2.49. The molecule has 1 fully saturated rings. The fourth-order valence-corrected chi connectivity index (χ4v) is 4.30. The van der Waals surface area contributed by atoms with Crippen LogP contribution in [0.1, 0.15) is 34.6 Å². The molecule has 2 aromatic rings. The highest BCUT2D eigenvalue weighted by atomic mass is 32.1. The Hall–Kier alpha value is -2.99. The summed E-state index contributed by atoms with van der Waals surface area (Å²) in [6.45, 7) is 8.88. The number of benzene rings is 1. The average Bonchev–Trinajstić information content (AvgIpc) is 3.30. The molecule has 0 saturated carbocycles. The summed E-state index contributed by atoms with van der Waals surface area (Å²) in [7, 11) is 0. The number of imide groups is 1. The molecule has 0 bridgehead atoms. The number of carbonyl (C=O) groups is 2. The largest absolute Gasteiger partial charge is 0.454 e. The molecule has 2 aliphatic heterocycles. The van der Waals surface area contributed by atoms with Gasteiger partial charge in [-0.05, 0) is 46.8 Å². The van der Waals surface area contributed by atoms with Crippen LogP contribution >= 0.6 is 11.3 Å². The standard InChI is InChI=1S/C20H21N3O5S/c1-6-7-12-11(2)22(19(25)28-20(3,4)5)18(24)23(12)17-21-15-14(29-17)9-8-13-16(15)27-10-26-13/h8-9,11-12H,10H2,1-5H3/t11-,12?/m0/s1. The van der Waals surface area contributed by atoms with Crippen molar-refractivity contribution >= 4 is 38.8 Å². The summed E-state index contributed by atoms with van der Waals surface area (Å²) < 4.78 is 17.2. The number of anilines is 1. The van der Waals surface area contributed by atoms with Crippen molar-refractivity contribution in [3.63, 3.8) is 0 Å². The first-order valence-corrected chi connectivity index (χ1v) is 9.99. The van der Waals surface area contributed by atoms with Crippen LogP contribution in [0.4, 0.5) is 14.7 Å². The van der Waals surface area contributed by atoms with Crippen LogP contribution in [0.15, 0.2) is 12.1 Å². The second-order valence-corrected chi connectivity index (χ2v) is 8.73. The van der Waals surface area contributed by atoms with Crippen molar-refractivity contribution in [1.82, 2.24) is 9.88 Å². The summed E-state index contributed by atoms with van der Waals surface area (Å²) in [5, 5.41) is 0.444. The molecule has 0 aliphatic carbocycles. The Morgan fingerprint density at radius 3 is 2.79 bits per heavy atom. The van der Waals surface area contributed by atoms with E-state index in [-0.39, 0.29) is 6.79 Å². The summed E-state index contributed by atoms with van der Waals surface area (Å²) in [4.78, 5) is 33.1. The molecular formula is C20H21N3O5S. The molecule has 1 aromatic heterocycles.